The highest BCUT2D eigenvalue weighted by molar-refractivity contribution is 5.91. The fraction of sp³-hybridized carbons (Fsp3) is 0.579. The highest BCUT2D eigenvalue weighted by atomic mass is 16.5. The number of rotatable bonds is 8. The van der Waals surface area contributed by atoms with Crippen molar-refractivity contribution in [2.75, 3.05) is 13.7 Å². The fourth-order valence-corrected chi connectivity index (χ4v) is 3.38. The van der Waals surface area contributed by atoms with Gasteiger partial charge < -0.3 is 19.9 Å². The smallest absolute Gasteiger partial charge is 0.307 e. The zero-order valence-corrected chi connectivity index (χ0v) is 15.4. The summed E-state index contributed by atoms with van der Waals surface area (Å²) in [6.07, 6.45) is -0.402. The molecule has 6 heteroatoms. The summed E-state index contributed by atoms with van der Waals surface area (Å²) in [6, 6.07) is 7.51. The minimum Gasteiger partial charge on any atom is -0.496 e. The largest absolute Gasteiger partial charge is 0.496 e. The number of carboxylic acid groups (broad SMARTS) is 1. The molecule has 2 rings (SSSR count). The van der Waals surface area contributed by atoms with E-state index in [1.807, 2.05) is 38.1 Å². The van der Waals surface area contributed by atoms with Crippen LogP contribution in [0, 0.1) is 17.3 Å². The predicted octanol–water partition coefficient (Wildman–Crippen LogP) is 2.63. The third-order valence-electron chi connectivity index (χ3n) is 4.76. The molecule has 1 saturated carbocycles. The van der Waals surface area contributed by atoms with Crippen LogP contribution in [0.4, 0.5) is 0 Å². The lowest BCUT2D eigenvalue weighted by Crippen LogP contribution is -2.33. The van der Waals surface area contributed by atoms with Crippen molar-refractivity contribution in [3.63, 3.8) is 0 Å². The van der Waals surface area contributed by atoms with Crippen LogP contribution in [0.25, 0.3) is 0 Å². The number of carbonyl (C=O) groups is 2. The number of amides is 1. The Morgan fingerprint density at radius 2 is 1.88 bits per heavy atom. The number of ether oxygens (including phenoxy) is 2. The number of benzene rings is 1. The molecular weight excluding hydrogens is 322 g/mol. The molecule has 6 nitrogen and oxygen atoms in total. The van der Waals surface area contributed by atoms with Crippen LogP contribution in [0.2, 0.25) is 0 Å². The lowest BCUT2D eigenvalue weighted by Gasteiger charge is -2.23. The monoisotopic (exact) mass is 349 g/mol. The number of aliphatic carboxylic acids is 1. The Bertz CT molecular complexity index is 640. The van der Waals surface area contributed by atoms with Gasteiger partial charge in [0.25, 0.3) is 0 Å². The summed E-state index contributed by atoms with van der Waals surface area (Å²) < 4.78 is 11.3. The van der Waals surface area contributed by atoms with E-state index in [4.69, 9.17) is 9.47 Å². The molecule has 0 spiro atoms. The van der Waals surface area contributed by atoms with Crippen molar-refractivity contribution in [1.82, 2.24) is 5.32 Å². The van der Waals surface area contributed by atoms with Gasteiger partial charge in [0, 0.05) is 12.1 Å². The van der Waals surface area contributed by atoms with Crippen LogP contribution in [0.5, 0.6) is 5.75 Å². The third kappa shape index (κ3) is 4.12. The summed E-state index contributed by atoms with van der Waals surface area (Å²) in [5.41, 5.74) is 0.332. The van der Waals surface area contributed by atoms with E-state index in [2.05, 4.69) is 5.32 Å². The minimum atomic E-state index is -0.926. The average molecular weight is 349 g/mol. The van der Waals surface area contributed by atoms with E-state index < -0.39 is 23.2 Å². The van der Waals surface area contributed by atoms with Gasteiger partial charge in [0.05, 0.1) is 25.0 Å². The van der Waals surface area contributed by atoms with Crippen molar-refractivity contribution < 1.29 is 24.2 Å². The summed E-state index contributed by atoms with van der Waals surface area (Å²) in [5, 5.41) is 12.1. The molecule has 3 atom stereocenters. The minimum absolute atomic E-state index is 0.0315. The van der Waals surface area contributed by atoms with Gasteiger partial charge >= 0.3 is 5.97 Å². The molecule has 0 radical (unpaired) electrons. The van der Waals surface area contributed by atoms with Crippen LogP contribution in [0.15, 0.2) is 24.3 Å². The molecule has 0 heterocycles. The van der Waals surface area contributed by atoms with Crippen LogP contribution in [-0.2, 0) is 14.3 Å². The second-order valence-corrected chi connectivity index (χ2v) is 7.28. The van der Waals surface area contributed by atoms with Crippen molar-refractivity contribution in [3.05, 3.63) is 29.8 Å². The predicted molar refractivity (Wildman–Crippen MR) is 93.4 cm³/mol. The maximum Gasteiger partial charge on any atom is 0.307 e. The van der Waals surface area contributed by atoms with E-state index in [0.717, 1.165) is 5.56 Å². The highest BCUT2D eigenvalue weighted by Crippen LogP contribution is 2.58. The number of hydrogen-bond donors (Lipinski definition) is 2. The summed E-state index contributed by atoms with van der Waals surface area (Å²) in [5.74, 6) is -1.63. The van der Waals surface area contributed by atoms with Gasteiger partial charge in [-0.25, -0.2) is 0 Å². The first-order valence-electron chi connectivity index (χ1n) is 8.49. The van der Waals surface area contributed by atoms with Gasteiger partial charge in [0.15, 0.2) is 0 Å². The zero-order chi connectivity index (χ0) is 18.8. The molecule has 2 N–H and O–H groups in total. The number of nitrogens with one attached hydrogen (secondary N) is 1. The van der Waals surface area contributed by atoms with Gasteiger partial charge in [-0.15, -0.1) is 0 Å². The van der Waals surface area contributed by atoms with E-state index in [0.29, 0.717) is 5.75 Å². The first-order valence-corrected chi connectivity index (χ1v) is 8.49. The first kappa shape index (κ1) is 19.2. The summed E-state index contributed by atoms with van der Waals surface area (Å²) in [6.45, 7) is 7.72. The average Bonchev–Trinajstić information content (AvgIpc) is 3.13. The second-order valence-electron chi connectivity index (χ2n) is 7.28. The Labute approximate surface area is 148 Å². The lowest BCUT2D eigenvalue weighted by molar-refractivity contribution is -0.140. The van der Waals surface area contributed by atoms with Gasteiger partial charge in [-0.1, -0.05) is 32.0 Å². The number of hydrogen-bond acceptors (Lipinski definition) is 4. The van der Waals surface area contributed by atoms with Crippen LogP contribution in [-0.4, -0.2) is 36.7 Å². The molecule has 1 aromatic rings. The zero-order valence-electron chi connectivity index (χ0n) is 15.4. The van der Waals surface area contributed by atoms with E-state index in [-0.39, 0.29) is 24.7 Å². The Kier molecular flexibility index (Phi) is 5.72. The Morgan fingerprint density at radius 1 is 1.24 bits per heavy atom. The molecule has 138 valence electrons. The molecule has 1 unspecified atom stereocenters. The summed E-state index contributed by atoms with van der Waals surface area (Å²) in [4.78, 5) is 23.7. The summed E-state index contributed by atoms with van der Waals surface area (Å²) in [7, 11) is 1.59. The molecule has 25 heavy (non-hydrogen) atoms. The number of methoxy groups -OCH3 is 1. The Balaban J connectivity index is 2.09. The molecule has 1 aromatic carbocycles. The Morgan fingerprint density at radius 3 is 2.40 bits per heavy atom. The highest BCUT2D eigenvalue weighted by Gasteiger charge is 2.65. The Hall–Kier alpha value is -2.08. The molecular formula is C19H27NO5. The lowest BCUT2D eigenvalue weighted by atomic mass is 10.1. The maximum atomic E-state index is 12.5. The molecule has 0 bridgehead atoms. The molecule has 0 saturated heterocycles. The fourth-order valence-electron chi connectivity index (χ4n) is 3.38. The van der Waals surface area contributed by atoms with E-state index >= 15 is 0 Å². The van der Waals surface area contributed by atoms with Gasteiger partial charge in [-0.05, 0) is 25.3 Å². The van der Waals surface area contributed by atoms with Crippen LogP contribution in [0.3, 0.4) is 0 Å². The van der Waals surface area contributed by atoms with Crippen molar-refractivity contribution >= 4 is 11.9 Å². The van der Waals surface area contributed by atoms with Crippen LogP contribution < -0.4 is 10.1 Å². The number of carboxylic acids is 1. The number of carbonyl (C=O) groups excluding carboxylic acids is 1. The van der Waals surface area contributed by atoms with E-state index in [1.165, 1.54) is 0 Å². The third-order valence-corrected chi connectivity index (χ3v) is 4.76. The molecule has 1 aliphatic carbocycles. The molecule has 0 aromatic heterocycles. The topological polar surface area (TPSA) is 84.9 Å². The first-order chi connectivity index (χ1) is 11.7. The maximum absolute atomic E-state index is 12.5. The van der Waals surface area contributed by atoms with Crippen molar-refractivity contribution in [2.45, 2.75) is 39.9 Å². The van der Waals surface area contributed by atoms with Crippen molar-refractivity contribution in [1.29, 1.82) is 0 Å². The van der Waals surface area contributed by atoms with E-state index in [9.17, 15) is 14.7 Å². The van der Waals surface area contributed by atoms with Gasteiger partial charge in [-0.2, -0.15) is 0 Å². The van der Waals surface area contributed by atoms with Crippen LogP contribution >= 0.6 is 0 Å². The molecule has 1 aliphatic rings. The molecule has 1 amide bonds. The van der Waals surface area contributed by atoms with Gasteiger partial charge in [0.2, 0.25) is 5.91 Å². The normalized spacial score (nSPS) is 22.3. The standard InChI is InChI=1S/C19H27NO5/c1-11(2)25-14(12-8-6-7-9-13(12)24-5)10-20-17(21)15-16(18(22)23)19(15,3)4/h6-9,11,14-16H,10H2,1-5H3,(H,20,21)(H,22,23)/t14?,15-,16+/m0/s1. The van der Waals surface area contributed by atoms with Crippen molar-refractivity contribution in [3.8, 4) is 5.75 Å². The molecule has 0 aliphatic heterocycles. The van der Waals surface area contributed by atoms with Crippen molar-refractivity contribution in [2.24, 2.45) is 17.3 Å². The molecule has 1 fully saturated rings. The van der Waals surface area contributed by atoms with Gasteiger partial charge in [-0.3, -0.25) is 9.59 Å². The van der Waals surface area contributed by atoms with Crippen LogP contribution in [0.1, 0.15) is 39.4 Å². The second kappa shape index (κ2) is 7.44. The summed E-state index contributed by atoms with van der Waals surface area (Å²) >= 11 is 0. The quantitative estimate of drug-likeness (QED) is 0.754. The SMILES string of the molecule is COc1ccccc1C(CNC(=O)[C@@H]1[C@H](C(=O)O)C1(C)C)OC(C)C. The van der Waals surface area contributed by atoms with Gasteiger partial charge in [0.1, 0.15) is 11.9 Å². The van der Waals surface area contributed by atoms with E-state index in [1.54, 1.807) is 21.0 Å². The number of para-hydroxylation sites is 1.